The minimum atomic E-state index is -4.66. The summed E-state index contributed by atoms with van der Waals surface area (Å²) in [7, 11) is 0. The van der Waals surface area contributed by atoms with Crippen molar-refractivity contribution < 1.29 is 23.1 Å². The van der Waals surface area contributed by atoms with E-state index in [2.05, 4.69) is 0 Å². The van der Waals surface area contributed by atoms with Crippen molar-refractivity contribution in [1.29, 1.82) is 0 Å². The fraction of sp³-hybridized carbons (Fsp3) is 0.500. The van der Waals surface area contributed by atoms with Crippen LogP contribution in [0.2, 0.25) is 0 Å². The molecule has 0 atom stereocenters. The summed E-state index contributed by atoms with van der Waals surface area (Å²) in [5.74, 6) is -0.336. The molecule has 3 nitrogen and oxygen atoms in total. The Balaban J connectivity index is 2.03. The van der Waals surface area contributed by atoms with Crippen molar-refractivity contribution in [2.45, 2.75) is 45.4 Å². The summed E-state index contributed by atoms with van der Waals surface area (Å²) < 4.78 is 38.3. The molecule has 1 saturated heterocycles. The number of likely N-dealkylation sites (tertiary alicyclic amines) is 1. The monoisotopic (exact) mass is 341 g/mol. The molecule has 0 aliphatic carbocycles. The standard InChI is InChI=1S/C18H22F3NO2/c1-12-10-14(3)15(11-13(12)2)4-5-16(23)22-8-6-17(24,7-9-22)18(19,20)21/h4-5,10-11,24H,6-9H2,1-3H3/b5-4+. The second-order valence-electron chi connectivity index (χ2n) is 6.48. The molecule has 0 radical (unpaired) electrons. The lowest BCUT2D eigenvalue weighted by Gasteiger charge is -2.38. The molecule has 1 aliphatic heterocycles. The zero-order valence-corrected chi connectivity index (χ0v) is 14.1. The van der Waals surface area contributed by atoms with Gasteiger partial charge in [0.15, 0.2) is 5.60 Å². The molecule has 1 aromatic rings. The first-order valence-corrected chi connectivity index (χ1v) is 7.87. The third-order valence-electron chi connectivity index (χ3n) is 4.72. The molecule has 0 saturated carbocycles. The van der Waals surface area contributed by atoms with Gasteiger partial charge in [0.25, 0.3) is 0 Å². The first-order chi connectivity index (χ1) is 11.0. The van der Waals surface area contributed by atoms with Crippen LogP contribution in [0, 0.1) is 20.8 Å². The van der Waals surface area contributed by atoms with Gasteiger partial charge < -0.3 is 10.0 Å². The Morgan fingerprint density at radius 2 is 1.67 bits per heavy atom. The number of hydrogen-bond acceptors (Lipinski definition) is 2. The Hall–Kier alpha value is -1.82. The number of halogens is 3. The average Bonchev–Trinajstić information content (AvgIpc) is 2.49. The highest BCUT2D eigenvalue weighted by molar-refractivity contribution is 5.92. The van der Waals surface area contributed by atoms with Crippen LogP contribution in [0.1, 0.15) is 35.1 Å². The third kappa shape index (κ3) is 3.80. The maximum Gasteiger partial charge on any atom is 0.417 e. The number of aliphatic hydroxyl groups is 1. The van der Waals surface area contributed by atoms with Crippen LogP contribution in [0.5, 0.6) is 0 Å². The first kappa shape index (κ1) is 18.5. The number of piperidine rings is 1. The molecule has 1 aliphatic rings. The van der Waals surface area contributed by atoms with Gasteiger partial charge in [-0.15, -0.1) is 0 Å². The predicted octanol–water partition coefficient (Wildman–Crippen LogP) is 3.54. The molecular weight excluding hydrogens is 319 g/mol. The van der Waals surface area contributed by atoms with Crippen LogP contribution < -0.4 is 0 Å². The van der Waals surface area contributed by atoms with Crippen LogP contribution in [-0.4, -0.2) is 40.8 Å². The summed E-state index contributed by atoms with van der Waals surface area (Å²) in [6, 6.07) is 4.01. The maximum atomic E-state index is 12.8. The number of aryl methyl sites for hydroxylation is 3. The number of benzene rings is 1. The maximum absolute atomic E-state index is 12.8. The van der Waals surface area contributed by atoms with Gasteiger partial charge in [0.05, 0.1) is 0 Å². The summed E-state index contributed by atoms with van der Waals surface area (Å²) in [6.07, 6.45) is -2.56. The molecule has 24 heavy (non-hydrogen) atoms. The van der Waals surface area contributed by atoms with Crippen molar-refractivity contribution in [1.82, 2.24) is 4.90 Å². The second kappa shape index (κ2) is 6.59. The lowest BCUT2D eigenvalue weighted by atomic mass is 9.91. The molecule has 2 rings (SSSR count). The van der Waals surface area contributed by atoms with Gasteiger partial charge in [-0.05, 0) is 49.1 Å². The average molecular weight is 341 g/mol. The zero-order valence-electron chi connectivity index (χ0n) is 14.1. The van der Waals surface area contributed by atoms with E-state index in [4.69, 9.17) is 0 Å². The summed E-state index contributed by atoms with van der Waals surface area (Å²) in [5, 5.41) is 9.63. The van der Waals surface area contributed by atoms with Gasteiger partial charge in [-0.1, -0.05) is 12.1 Å². The van der Waals surface area contributed by atoms with Crippen LogP contribution in [0.3, 0.4) is 0 Å². The summed E-state index contributed by atoms with van der Waals surface area (Å²) in [5.41, 5.74) is 1.54. The number of nitrogens with zero attached hydrogens (tertiary/aromatic N) is 1. The number of hydrogen-bond donors (Lipinski definition) is 1. The molecular formula is C18H22F3NO2. The van der Waals surface area contributed by atoms with Crippen LogP contribution in [-0.2, 0) is 4.79 Å². The highest BCUT2D eigenvalue weighted by Gasteiger charge is 2.54. The van der Waals surface area contributed by atoms with E-state index in [1.165, 1.54) is 16.5 Å². The van der Waals surface area contributed by atoms with E-state index in [1.807, 2.05) is 32.9 Å². The minimum absolute atomic E-state index is 0.106. The van der Waals surface area contributed by atoms with Crippen LogP contribution in [0.15, 0.2) is 18.2 Å². The van der Waals surface area contributed by atoms with E-state index < -0.39 is 24.6 Å². The topological polar surface area (TPSA) is 40.5 Å². The molecule has 1 aromatic carbocycles. The van der Waals surface area contributed by atoms with Gasteiger partial charge in [0.2, 0.25) is 5.91 Å². The van der Waals surface area contributed by atoms with Gasteiger partial charge in [0.1, 0.15) is 0 Å². The van der Waals surface area contributed by atoms with Gasteiger partial charge in [-0.2, -0.15) is 13.2 Å². The quantitative estimate of drug-likeness (QED) is 0.836. The number of carbonyl (C=O) groups excluding carboxylic acids is 1. The fourth-order valence-corrected chi connectivity index (χ4v) is 2.81. The molecule has 0 spiro atoms. The van der Waals surface area contributed by atoms with E-state index in [0.29, 0.717) is 0 Å². The van der Waals surface area contributed by atoms with E-state index in [-0.39, 0.29) is 19.0 Å². The smallest absolute Gasteiger partial charge is 0.380 e. The van der Waals surface area contributed by atoms with Crippen LogP contribution in [0.25, 0.3) is 6.08 Å². The van der Waals surface area contributed by atoms with Crippen molar-refractivity contribution in [2.75, 3.05) is 13.1 Å². The second-order valence-corrected chi connectivity index (χ2v) is 6.48. The van der Waals surface area contributed by atoms with Crippen molar-refractivity contribution in [3.05, 3.63) is 40.5 Å². The first-order valence-electron chi connectivity index (χ1n) is 7.87. The number of rotatable bonds is 2. The lowest BCUT2D eigenvalue weighted by molar-refractivity contribution is -0.271. The van der Waals surface area contributed by atoms with E-state index in [0.717, 1.165) is 16.7 Å². The normalized spacial score (nSPS) is 18.2. The number of carbonyl (C=O) groups is 1. The van der Waals surface area contributed by atoms with E-state index in [1.54, 1.807) is 6.08 Å². The number of amides is 1. The van der Waals surface area contributed by atoms with Crippen molar-refractivity contribution in [2.24, 2.45) is 0 Å². The zero-order chi connectivity index (χ0) is 18.1. The van der Waals surface area contributed by atoms with Crippen molar-refractivity contribution in [3.8, 4) is 0 Å². The van der Waals surface area contributed by atoms with Crippen molar-refractivity contribution in [3.63, 3.8) is 0 Å². The highest BCUT2D eigenvalue weighted by Crippen LogP contribution is 2.38. The molecule has 1 N–H and O–H groups in total. The van der Waals surface area contributed by atoms with Gasteiger partial charge in [-0.25, -0.2) is 0 Å². The molecule has 1 heterocycles. The van der Waals surface area contributed by atoms with Gasteiger partial charge in [-0.3, -0.25) is 4.79 Å². The molecule has 0 unspecified atom stereocenters. The highest BCUT2D eigenvalue weighted by atomic mass is 19.4. The molecule has 6 heteroatoms. The third-order valence-corrected chi connectivity index (χ3v) is 4.72. The van der Waals surface area contributed by atoms with Crippen LogP contribution >= 0.6 is 0 Å². The Morgan fingerprint density at radius 3 is 2.21 bits per heavy atom. The number of alkyl halides is 3. The SMILES string of the molecule is Cc1cc(C)c(/C=C/C(=O)N2CCC(O)(C(F)(F)F)CC2)cc1C. The minimum Gasteiger partial charge on any atom is -0.380 e. The summed E-state index contributed by atoms with van der Waals surface area (Å²) in [4.78, 5) is 13.5. The Kier molecular flexibility index (Phi) is 5.08. The van der Waals surface area contributed by atoms with E-state index >= 15 is 0 Å². The molecule has 0 bridgehead atoms. The predicted molar refractivity (Wildman–Crippen MR) is 86.5 cm³/mol. The largest absolute Gasteiger partial charge is 0.417 e. The van der Waals surface area contributed by atoms with Gasteiger partial charge in [0, 0.05) is 32.0 Å². The lowest BCUT2D eigenvalue weighted by Crippen LogP contribution is -2.54. The Bertz CT molecular complexity index is 657. The van der Waals surface area contributed by atoms with Crippen molar-refractivity contribution >= 4 is 12.0 Å². The fourth-order valence-electron chi connectivity index (χ4n) is 2.81. The van der Waals surface area contributed by atoms with Crippen LogP contribution in [0.4, 0.5) is 13.2 Å². The molecule has 1 amide bonds. The summed E-state index contributed by atoms with van der Waals surface area (Å²) in [6.45, 7) is 5.73. The Labute approximate surface area is 139 Å². The Morgan fingerprint density at radius 1 is 1.12 bits per heavy atom. The summed E-state index contributed by atoms with van der Waals surface area (Å²) >= 11 is 0. The molecule has 1 fully saturated rings. The van der Waals surface area contributed by atoms with Gasteiger partial charge >= 0.3 is 6.18 Å². The van der Waals surface area contributed by atoms with E-state index in [9.17, 15) is 23.1 Å². The molecule has 132 valence electrons. The molecule has 0 aromatic heterocycles.